The van der Waals surface area contributed by atoms with Crippen LogP contribution in [0.5, 0.6) is 0 Å². The van der Waals surface area contributed by atoms with Gasteiger partial charge in [0.25, 0.3) is 0 Å². The molecular weight excluding hydrogens is 305 g/mol. The van der Waals surface area contributed by atoms with Crippen molar-refractivity contribution in [2.75, 3.05) is 23.8 Å². The van der Waals surface area contributed by atoms with Crippen molar-refractivity contribution >= 4 is 40.5 Å². The van der Waals surface area contributed by atoms with Gasteiger partial charge in [-0.15, -0.1) is 0 Å². The third-order valence-corrected chi connectivity index (χ3v) is 3.76. The first-order chi connectivity index (χ1) is 10.0. The zero-order chi connectivity index (χ0) is 15.4. The van der Waals surface area contributed by atoms with Crippen LogP contribution in [0.1, 0.15) is 18.9 Å². The van der Waals surface area contributed by atoms with Gasteiger partial charge in [-0.25, -0.2) is 4.98 Å². The highest BCUT2D eigenvalue weighted by Crippen LogP contribution is 2.34. The number of aromatic nitrogens is 1. The predicted molar refractivity (Wildman–Crippen MR) is 92.3 cm³/mol. The molecule has 2 rings (SSSR count). The Morgan fingerprint density at radius 2 is 1.81 bits per heavy atom. The van der Waals surface area contributed by atoms with Crippen molar-refractivity contribution in [1.29, 1.82) is 0 Å². The van der Waals surface area contributed by atoms with Gasteiger partial charge in [-0.2, -0.15) is 0 Å². The monoisotopic (exact) mass is 323 g/mol. The third-order valence-electron chi connectivity index (χ3n) is 3.19. The van der Waals surface area contributed by atoms with Crippen molar-refractivity contribution in [3.63, 3.8) is 0 Å². The smallest absolute Gasteiger partial charge is 0.154 e. The van der Waals surface area contributed by atoms with Gasteiger partial charge in [0, 0.05) is 19.3 Å². The fourth-order valence-electron chi connectivity index (χ4n) is 1.95. The molecule has 0 amide bonds. The second-order valence-corrected chi connectivity index (χ2v) is 5.76. The molecule has 112 valence electrons. The van der Waals surface area contributed by atoms with Crippen molar-refractivity contribution in [3.8, 4) is 0 Å². The van der Waals surface area contributed by atoms with Gasteiger partial charge in [0.1, 0.15) is 5.82 Å². The van der Waals surface area contributed by atoms with Crippen molar-refractivity contribution in [2.45, 2.75) is 20.3 Å². The second kappa shape index (κ2) is 7.01. The van der Waals surface area contributed by atoms with Gasteiger partial charge in [-0.1, -0.05) is 47.8 Å². The number of hydrogen-bond acceptors (Lipinski definition) is 3. The molecule has 0 saturated carbocycles. The fourth-order valence-corrected chi connectivity index (χ4v) is 2.50. The lowest BCUT2D eigenvalue weighted by Gasteiger charge is -2.21. The van der Waals surface area contributed by atoms with E-state index in [0.717, 1.165) is 18.7 Å². The van der Waals surface area contributed by atoms with Crippen LogP contribution in [0.15, 0.2) is 30.3 Å². The number of hydrogen-bond donors (Lipinski definition) is 1. The number of aryl methyl sites for hydroxylation is 1. The Bertz CT molecular complexity index is 612. The summed E-state index contributed by atoms with van der Waals surface area (Å²) in [5, 5.41) is 4.29. The van der Waals surface area contributed by atoms with Crippen molar-refractivity contribution < 1.29 is 0 Å². The highest BCUT2D eigenvalue weighted by molar-refractivity contribution is 6.37. The zero-order valence-corrected chi connectivity index (χ0v) is 14.0. The molecule has 5 heteroatoms. The summed E-state index contributed by atoms with van der Waals surface area (Å²) < 4.78 is 0. The van der Waals surface area contributed by atoms with E-state index < -0.39 is 0 Å². The van der Waals surface area contributed by atoms with E-state index in [0.29, 0.717) is 21.7 Å². The maximum Gasteiger partial charge on any atom is 0.154 e. The number of benzene rings is 1. The topological polar surface area (TPSA) is 28.2 Å². The Balaban J connectivity index is 2.35. The molecule has 0 aliphatic heterocycles. The van der Waals surface area contributed by atoms with Crippen molar-refractivity contribution in [3.05, 3.63) is 45.9 Å². The molecular formula is C16H19Cl2N3. The standard InChI is InChI=1S/C16H19Cl2N3/c1-4-9-19-15-13(17)10-14(18)16(20-15)21(3)12-7-5-11(2)6-8-12/h5-8,10H,4,9H2,1-3H3,(H,19,20). The van der Waals surface area contributed by atoms with Gasteiger partial charge >= 0.3 is 0 Å². The van der Waals surface area contributed by atoms with Gasteiger partial charge in [0.05, 0.1) is 10.0 Å². The molecule has 1 aromatic carbocycles. The number of pyridine rings is 1. The van der Waals surface area contributed by atoms with Crippen molar-refractivity contribution in [2.24, 2.45) is 0 Å². The lowest BCUT2D eigenvalue weighted by molar-refractivity contribution is 0.967. The molecule has 1 aromatic heterocycles. The van der Waals surface area contributed by atoms with Gasteiger partial charge in [-0.3, -0.25) is 0 Å². The molecule has 3 nitrogen and oxygen atoms in total. The maximum absolute atomic E-state index is 6.30. The number of halogens is 2. The zero-order valence-electron chi connectivity index (χ0n) is 12.5. The molecule has 0 aliphatic rings. The Kier molecular flexibility index (Phi) is 5.32. The first-order valence-electron chi connectivity index (χ1n) is 6.93. The van der Waals surface area contributed by atoms with Crippen LogP contribution < -0.4 is 10.2 Å². The average Bonchev–Trinajstić information content (AvgIpc) is 2.46. The van der Waals surface area contributed by atoms with Crippen LogP contribution in [0.3, 0.4) is 0 Å². The molecule has 21 heavy (non-hydrogen) atoms. The molecule has 0 saturated heterocycles. The molecule has 1 heterocycles. The second-order valence-electron chi connectivity index (χ2n) is 4.95. The summed E-state index contributed by atoms with van der Waals surface area (Å²) in [5.41, 5.74) is 2.24. The minimum atomic E-state index is 0.533. The van der Waals surface area contributed by atoms with Gasteiger partial charge in [0.15, 0.2) is 5.82 Å². The normalized spacial score (nSPS) is 10.5. The minimum absolute atomic E-state index is 0.533. The summed E-state index contributed by atoms with van der Waals surface area (Å²) in [6, 6.07) is 9.94. The molecule has 0 radical (unpaired) electrons. The Morgan fingerprint density at radius 3 is 2.43 bits per heavy atom. The number of nitrogens with one attached hydrogen (secondary N) is 1. The first-order valence-corrected chi connectivity index (χ1v) is 7.68. The molecule has 0 unspecified atom stereocenters. The van der Waals surface area contributed by atoms with E-state index in [-0.39, 0.29) is 0 Å². The Labute approximate surface area is 135 Å². The lowest BCUT2D eigenvalue weighted by Crippen LogP contribution is -2.13. The fraction of sp³-hybridized carbons (Fsp3) is 0.312. The largest absolute Gasteiger partial charge is 0.369 e. The van der Waals surface area contributed by atoms with Crippen LogP contribution in [0.4, 0.5) is 17.3 Å². The van der Waals surface area contributed by atoms with Crippen LogP contribution >= 0.6 is 23.2 Å². The van der Waals surface area contributed by atoms with Crippen LogP contribution in [-0.4, -0.2) is 18.6 Å². The molecule has 0 bridgehead atoms. The van der Waals surface area contributed by atoms with Crippen LogP contribution in [0, 0.1) is 6.92 Å². The van der Waals surface area contributed by atoms with E-state index in [1.165, 1.54) is 5.56 Å². The first kappa shape index (κ1) is 15.9. The average molecular weight is 324 g/mol. The lowest BCUT2D eigenvalue weighted by atomic mass is 10.2. The van der Waals surface area contributed by atoms with Gasteiger partial charge in [0.2, 0.25) is 0 Å². The summed E-state index contributed by atoms with van der Waals surface area (Å²) in [5.74, 6) is 1.35. The summed E-state index contributed by atoms with van der Waals surface area (Å²) >= 11 is 12.5. The summed E-state index contributed by atoms with van der Waals surface area (Å²) in [6.45, 7) is 4.97. The summed E-state index contributed by atoms with van der Waals surface area (Å²) in [4.78, 5) is 6.51. The van der Waals surface area contributed by atoms with E-state index >= 15 is 0 Å². The molecule has 0 fully saturated rings. The number of nitrogens with zero attached hydrogens (tertiary/aromatic N) is 2. The quantitative estimate of drug-likeness (QED) is 0.810. The minimum Gasteiger partial charge on any atom is -0.369 e. The highest BCUT2D eigenvalue weighted by atomic mass is 35.5. The molecule has 0 aliphatic carbocycles. The number of rotatable bonds is 5. The van der Waals surface area contributed by atoms with E-state index in [4.69, 9.17) is 23.2 Å². The maximum atomic E-state index is 6.30. The summed E-state index contributed by atoms with van der Waals surface area (Å²) in [7, 11) is 1.94. The molecule has 0 atom stereocenters. The summed E-state index contributed by atoms with van der Waals surface area (Å²) in [6.07, 6.45) is 1.00. The molecule has 0 spiro atoms. The van der Waals surface area contributed by atoms with E-state index in [2.05, 4.69) is 36.3 Å². The third kappa shape index (κ3) is 3.80. The Morgan fingerprint density at radius 1 is 1.14 bits per heavy atom. The number of anilines is 3. The van der Waals surface area contributed by atoms with Gasteiger partial charge in [-0.05, 0) is 31.5 Å². The van der Waals surface area contributed by atoms with Crippen molar-refractivity contribution in [1.82, 2.24) is 4.98 Å². The van der Waals surface area contributed by atoms with Crippen LogP contribution in [0.2, 0.25) is 10.0 Å². The highest BCUT2D eigenvalue weighted by Gasteiger charge is 2.14. The van der Waals surface area contributed by atoms with E-state index in [1.54, 1.807) is 6.07 Å². The molecule has 1 N–H and O–H groups in total. The van der Waals surface area contributed by atoms with Crippen LogP contribution in [-0.2, 0) is 0 Å². The van der Waals surface area contributed by atoms with Gasteiger partial charge < -0.3 is 10.2 Å². The molecule has 2 aromatic rings. The predicted octanol–water partition coefficient (Wildman–Crippen LogP) is 5.29. The Hall–Kier alpha value is -1.45. The van der Waals surface area contributed by atoms with E-state index in [9.17, 15) is 0 Å². The van der Waals surface area contributed by atoms with Crippen LogP contribution in [0.25, 0.3) is 0 Å². The van der Waals surface area contributed by atoms with E-state index in [1.807, 2.05) is 24.1 Å². The SMILES string of the molecule is CCCNc1nc(N(C)c2ccc(C)cc2)c(Cl)cc1Cl.